The first-order valence-corrected chi connectivity index (χ1v) is 4.75. The largest absolute Gasteiger partial charge is 0.479 e. The molecule has 0 unspecified atom stereocenters. The van der Waals surface area contributed by atoms with Gasteiger partial charge >= 0.3 is 6.01 Å². The van der Waals surface area contributed by atoms with Crippen LogP contribution in [0.5, 0.6) is 6.01 Å². The molecule has 2 aromatic rings. The van der Waals surface area contributed by atoms with Crippen LogP contribution >= 0.6 is 0 Å². The second-order valence-electron chi connectivity index (χ2n) is 3.19. The van der Waals surface area contributed by atoms with Crippen molar-refractivity contribution in [3.05, 3.63) is 47.9 Å². The molecule has 5 nitrogen and oxygen atoms in total. The van der Waals surface area contributed by atoms with E-state index < -0.39 is 17.7 Å². The zero-order valence-electron chi connectivity index (χ0n) is 8.59. The van der Waals surface area contributed by atoms with Crippen molar-refractivity contribution in [1.82, 2.24) is 9.97 Å². The molecule has 0 fully saturated rings. The molecule has 0 atom stereocenters. The molecule has 0 aliphatic heterocycles. The number of aromatic hydroxyl groups is 1. The third-order valence-electron chi connectivity index (χ3n) is 2.00. The van der Waals surface area contributed by atoms with Crippen molar-refractivity contribution in [2.75, 3.05) is 5.32 Å². The second kappa shape index (κ2) is 4.56. The van der Waals surface area contributed by atoms with Crippen molar-refractivity contribution in [2.24, 2.45) is 0 Å². The molecule has 0 saturated heterocycles. The van der Waals surface area contributed by atoms with E-state index in [1.54, 1.807) is 30.3 Å². The molecular weight excluding hydrogens is 225 g/mol. The van der Waals surface area contributed by atoms with Gasteiger partial charge in [0.2, 0.25) is 0 Å². The SMILES string of the molecule is O=C(Nc1nc(O)ncc1F)c1ccccc1. The number of nitrogens with zero attached hydrogens (tertiary/aromatic N) is 2. The molecular formula is C11H8FN3O2. The van der Waals surface area contributed by atoms with Crippen molar-refractivity contribution in [3.8, 4) is 6.01 Å². The molecule has 0 aliphatic carbocycles. The second-order valence-corrected chi connectivity index (χ2v) is 3.19. The van der Waals surface area contributed by atoms with Gasteiger partial charge in [-0.1, -0.05) is 18.2 Å². The zero-order chi connectivity index (χ0) is 12.3. The minimum Gasteiger partial charge on any atom is -0.479 e. The quantitative estimate of drug-likeness (QED) is 0.825. The highest BCUT2D eigenvalue weighted by molar-refractivity contribution is 6.03. The first-order chi connectivity index (χ1) is 8.16. The third kappa shape index (κ3) is 2.54. The van der Waals surface area contributed by atoms with Gasteiger partial charge in [-0.05, 0) is 12.1 Å². The fourth-order valence-corrected chi connectivity index (χ4v) is 1.21. The number of hydrogen-bond donors (Lipinski definition) is 2. The van der Waals surface area contributed by atoms with E-state index in [1.165, 1.54) is 0 Å². The molecule has 2 N–H and O–H groups in total. The molecule has 17 heavy (non-hydrogen) atoms. The number of benzene rings is 1. The van der Waals surface area contributed by atoms with E-state index in [1.807, 2.05) is 0 Å². The van der Waals surface area contributed by atoms with Crippen LogP contribution in [0.3, 0.4) is 0 Å². The van der Waals surface area contributed by atoms with Crippen molar-refractivity contribution < 1.29 is 14.3 Å². The van der Waals surface area contributed by atoms with E-state index in [4.69, 9.17) is 5.11 Å². The summed E-state index contributed by atoms with van der Waals surface area (Å²) < 4.78 is 13.2. The number of hydrogen-bond acceptors (Lipinski definition) is 4. The van der Waals surface area contributed by atoms with Crippen LogP contribution in [-0.4, -0.2) is 21.0 Å². The predicted molar refractivity (Wildman–Crippen MR) is 58.1 cm³/mol. The highest BCUT2D eigenvalue weighted by Gasteiger charge is 2.11. The van der Waals surface area contributed by atoms with Gasteiger partial charge in [-0.15, -0.1) is 0 Å². The molecule has 1 heterocycles. The molecule has 6 heteroatoms. The van der Waals surface area contributed by atoms with Gasteiger partial charge < -0.3 is 10.4 Å². The molecule has 2 rings (SSSR count). The van der Waals surface area contributed by atoms with E-state index in [-0.39, 0.29) is 5.82 Å². The Bertz CT molecular complexity index is 546. The van der Waals surface area contributed by atoms with Gasteiger partial charge in [0, 0.05) is 5.56 Å². The van der Waals surface area contributed by atoms with E-state index in [0.717, 1.165) is 6.20 Å². The van der Waals surface area contributed by atoms with Crippen molar-refractivity contribution >= 4 is 11.7 Å². The molecule has 1 aromatic heterocycles. The van der Waals surface area contributed by atoms with Crippen LogP contribution in [0, 0.1) is 5.82 Å². The Labute approximate surface area is 96.0 Å². The van der Waals surface area contributed by atoms with Gasteiger partial charge in [-0.2, -0.15) is 4.98 Å². The lowest BCUT2D eigenvalue weighted by molar-refractivity contribution is 0.102. The average molecular weight is 233 g/mol. The first kappa shape index (κ1) is 11.0. The molecule has 0 saturated carbocycles. The topological polar surface area (TPSA) is 75.1 Å². The number of anilines is 1. The number of nitrogens with one attached hydrogen (secondary N) is 1. The summed E-state index contributed by atoms with van der Waals surface area (Å²) in [6.07, 6.45) is 0.781. The number of amides is 1. The number of carbonyl (C=O) groups excluding carboxylic acids is 1. The highest BCUT2D eigenvalue weighted by atomic mass is 19.1. The van der Waals surface area contributed by atoms with Crippen molar-refractivity contribution in [2.45, 2.75) is 0 Å². The molecule has 0 spiro atoms. The first-order valence-electron chi connectivity index (χ1n) is 4.75. The van der Waals surface area contributed by atoms with Crippen molar-refractivity contribution in [1.29, 1.82) is 0 Å². The summed E-state index contributed by atoms with van der Waals surface area (Å²) >= 11 is 0. The molecule has 0 radical (unpaired) electrons. The summed E-state index contributed by atoms with van der Waals surface area (Å²) in [4.78, 5) is 18.3. The predicted octanol–water partition coefficient (Wildman–Crippen LogP) is 1.57. The zero-order valence-corrected chi connectivity index (χ0v) is 8.59. The van der Waals surface area contributed by atoms with Crippen molar-refractivity contribution in [3.63, 3.8) is 0 Å². The lowest BCUT2D eigenvalue weighted by Crippen LogP contribution is -2.14. The van der Waals surface area contributed by atoms with Gasteiger partial charge in [-0.25, -0.2) is 9.37 Å². The third-order valence-corrected chi connectivity index (χ3v) is 2.00. The van der Waals surface area contributed by atoms with Crippen LogP contribution in [-0.2, 0) is 0 Å². The number of aromatic nitrogens is 2. The average Bonchev–Trinajstić information content (AvgIpc) is 2.35. The fraction of sp³-hybridized carbons (Fsp3) is 0. The van der Waals surface area contributed by atoms with Crippen LogP contribution in [0.4, 0.5) is 10.2 Å². The Morgan fingerprint density at radius 2 is 2.00 bits per heavy atom. The van der Waals surface area contributed by atoms with E-state index >= 15 is 0 Å². The summed E-state index contributed by atoms with van der Waals surface area (Å²) in [6, 6.07) is 7.68. The Hall–Kier alpha value is -2.50. The Kier molecular flexibility index (Phi) is 2.95. The van der Waals surface area contributed by atoms with Gasteiger partial charge in [0.25, 0.3) is 5.91 Å². The Morgan fingerprint density at radius 3 is 2.71 bits per heavy atom. The lowest BCUT2D eigenvalue weighted by atomic mass is 10.2. The van der Waals surface area contributed by atoms with Gasteiger partial charge in [0.1, 0.15) is 0 Å². The summed E-state index contributed by atoms with van der Waals surface area (Å²) in [5.74, 6) is -1.68. The maximum atomic E-state index is 13.2. The monoisotopic (exact) mass is 233 g/mol. The minimum atomic E-state index is -0.813. The van der Waals surface area contributed by atoms with Gasteiger partial charge in [-0.3, -0.25) is 4.79 Å². The number of carbonyl (C=O) groups is 1. The number of rotatable bonds is 2. The molecule has 0 bridgehead atoms. The molecule has 0 aliphatic rings. The van der Waals surface area contributed by atoms with Crippen LogP contribution in [0.15, 0.2) is 36.5 Å². The van der Waals surface area contributed by atoms with E-state index in [9.17, 15) is 9.18 Å². The van der Waals surface area contributed by atoms with Crippen LogP contribution < -0.4 is 5.32 Å². The maximum absolute atomic E-state index is 13.2. The standard InChI is InChI=1S/C11H8FN3O2/c12-8-6-13-11(17)15-9(8)14-10(16)7-4-2-1-3-5-7/h1-6H,(H2,13,14,15,16,17). The normalized spacial score (nSPS) is 9.94. The smallest absolute Gasteiger partial charge is 0.316 e. The summed E-state index contributed by atoms with van der Waals surface area (Å²) in [5.41, 5.74) is 0.366. The van der Waals surface area contributed by atoms with Gasteiger partial charge in [0.15, 0.2) is 11.6 Å². The fourth-order valence-electron chi connectivity index (χ4n) is 1.21. The molecule has 1 aromatic carbocycles. The number of halogens is 1. The van der Waals surface area contributed by atoms with Crippen LogP contribution in [0.1, 0.15) is 10.4 Å². The lowest BCUT2D eigenvalue weighted by Gasteiger charge is -2.04. The van der Waals surface area contributed by atoms with Gasteiger partial charge in [0.05, 0.1) is 6.20 Å². The molecule has 1 amide bonds. The Morgan fingerprint density at radius 1 is 1.29 bits per heavy atom. The van der Waals surface area contributed by atoms with E-state index in [2.05, 4.69) is 15.3 Å². The maximum Gasteiger partial charge on any atom is 0.316 e. The van der Waals surface area contributed by atoms with E-state index in [0.29, 0.717) is 5.56 Å². The summed E-state index contributed by atoms with van der Waals surface area (Å²) in [7, 11) is 0. The summed E-state index contributed by atoms with van der Waals surface area (Å²) in [5, 5.41) is 11.2. The highest BCUT2D eigenvalue weighted by Crippen LogP contribution is 2.13. The summed E-state index contributed by atoms with van der Waals surface area (Å²) in [6.45, 7) is 0. The molecule has 86 valence electrons. The van der Waals surface area contributed by atoms with Crippen LogP contribution in [0.2, 0.25) is 0 Å². The van der Waals surface area contributed by atoms with Crippen LogP contribution in [0.25, 0.3) is 0 Å². The minimum absolute atomic E-state index is 0.355. The Balaban J connectivity index is 2.22.